The predicted octanol–water partition coefficient (Wildman–Crippen LogP) is 1.01. The highest BCUT2D eigenvalue weighted by Gasteiger charge is 2.40. The Balaban J connectivity index is 2.84. The lowest BCUT2D eigenvalue weighted by atomic mass is 9.75. The van der Waals surface area contributed by atoms with Gasteiger partial charge in [0.05, 0.1) is 10.7 Å². The lowest BCUT2D eigenvalue weighted by Gasteiger charge is -2.36. The summed E-state index contributed by atoms with van der Waals surface area (Å²) in [4.78, 5) is 12.3. The Morgan fingerprint density at radius 3 is 2.33 bits per heavy atom. The average molecular weight is 276 g/mol. The van der Waals surface area contributed by atoms with E-state index in [4.69, 9.17) is 0 Å². The van der Waals surface area contributed by atoms with Crippen LogP contribution in [0.25, 0.3) is 0 Å². The molecular formula is C12H24N2O3S. The van der Waals surface area contributed by atoms with Crippen LogP contribution in [0.3, 0.4) is 0 Å². The van der Waals surface area contributed by atoms with Crippen LogP contribution >= 0.6 is 0 Å². The second kappa shape index (κ2) is 6.02. The average Bonchev–Trinajstić information content (AvgIpc) is 2.29. The second-order valence-corrected chi connectivity index (χ2v) is 7.54. The maximum atomic E-state index is 12.3. The molecule has 5 nitrogen and oxygen atoms in total. The molecule has 0 atom stereocenters. The van der Waals surface area contributed by atoms with Crippen LogP contribution in [0.5, 0.6) is 0 Å². The smallest absolute Gasteiger partial charge is 0.239 e. The maximum Gasteiger partial charge on any atom is 0.239 e. The fourth-order valence-electron chi connectivity index (χ4n) is 2.33. The van der Waals surface area contributed by atoms with Gasteiger partial charge in [-0.3, -0.25) is 9.52 Å². The van der Waals surface area contributed by atoms with Gasteiger partial charge in [-0.05, 0) is 46.2 Å². The Hall–Kier alpha value is -0.620. The van der Waals surface area contributed by atoms with Crippen molar-refractivity contribution in [3.8, 4) is 0 Å². The van der Waals surface area contributed by atoms with Crippen molar-refractivity contribution in [2.45, 2.75) is 51.7 Å². The van der Waals surface area contributed by atoms with Gasteiger partial charge in [0.1, 0.15) is 0 Å². The number of carbonyl (C=O) groups is 1. The first kappa shape index (κ1) is 15.4. The molecule has 2 N–H and O–H groups in total. The molecular weight excluding hydrogens is 252 g/mol. The van der Waals surface area contributed by atoms with E-state index < -0.39 is 20.7 Å². The van der Waals surface area contributed by atoms with Crippen molar-refractivity contribution in [1.29, 1.82) is 0 Å². The van der Waals surface area contributed by atoms with Gasteiger partial charge < -0.3 is 5.32 Å². The Labute approximate surface area is 110 Å². The Bertz CT molecular complexity index is 379. The van der Waals surface area contributed by atoms with E-state index in [1.165, 1.54) is 0 Å². The highest BCUT2D eigenvalue weighted by molar-refractivity contribution is 7.90. The summed E-state index contributed by atoms with van der Waals surface area (Å²) in [5, 5.41) is 2.63. The molecule has 1 rings (SSSR count). The fourth-order valence-corrected chi connectivity index (χ4v) is 3.04. The number of hydrogen-bond acceptors (Lipinski definition) is 4. The van der Waals surface area contributed by atoms with Gasteiger partial charge in [-0.15, -0.1) is 0 Å². The highest BCUT2D eigenvalue weighted by atomic mass is 32.2. The first-order valence-corrected chi connectivity index (χ1v) is 8.15. The SMILES string of the molecule is CCCC1(C(=O)NS(=O)(=O)C(C)C)CCNCC1. The van der Waals surface area contributed by atoms with Crippen LogP contribution in [0.2, 0.25) is 0 Å². The zero-order valence-electron chi connectivity index (χ0n) is 11.5. The van der Waals surface area contributed by atoms with E-state index in [1.807, 2.05) is 6.92 Å². The van der Waals surface area contributed by atoms with Crippen LogP contribution in [0.4, 0.5) is 0 Å². The number of sulfonamides is 1. The zero-order valence-corrected chi connectivity index (χ0v) is 12.3. The van der Waals surface area contributed by atoms with Gasteiger partial charge in [0.15, 0.2) is 0 Å². The van der Waals surface area contributed by atoms with Crippen molar-refractivity contribution in [2.24, 2.45) is 5.41 Å². The van der Waals surface area contributed by atoms with Crippen molar-refractivity contribution >= 4 is 15.9 Å². The van der Waals surface area contributed by atoms with Crippen LogP contribution in [0, 0.1) is 5.41 Å². The molecule has 0 bridgehead atoms. The summed E-state index contributed by atoms with van der Waals surface area (Å²) in [7, 11) is -3.52. The number of amides is 1. The van der Waals surface area contributed by atoms with Gasteiger partial charge in [-0.25, -0.2) is 8.42 Å². The summed E-state index contributed by atoms with van der Waals surface area (Å²) >= 11 is 0. The summed E-state index contributed by atoms with van der Waals surface area (Å²) < 4.78 is 25.8. The number of nitrogens with one attached hydrogen (secondary N) is 2. The number of carbonyl (C=O) groups excluding carboxylic acids is 1. The number of piperidine rings is 1. The standard InChI is InChI=1S/C12H24N2O3S/c1-4-5-12(6-8-13-9-7-12)11(15)14-18(16,17)10(2)3/h10,13H,4-9H2,1-3H3,(H,14,15). The molecule has 0 aromatic carbocycles. The monoisotopic (exact) mass is 276 g/mol. The molecule has 0 unspecified atom stereocenters. The third-order valence-corrected chi connectivity index (χ3v) is 5.34. The minimum absolute atomic E-state index is 0.320. The minimum Gasteiger partial charge on any atom is -0.317 e. The molecule has 0 spiro atoms. The second-order valence-electron chi connectivity index (χ2n) is 5.31. The normalized spacial score (nSPS) is 19.8. The molecule has 0 radical (unpaired) electrons. The molecule has 1 aliphatic heterocycles. The molecule has 1 amide bonds. The molecule has 1 saturated heterocycles. The maximum absolute atomic E-state index is 12.3. The quantitative estimate of drug-likeness (QED) is 0.786. The van der Waals surface area contributed by atoms with E-state index >= 15 is 0 Å². The van der Waals surface area contributed by atoms with Crippen LogP contribution in [0.1, 0.15) is 46.5 Å². The topological polar surface area (TPSA) is 75.3 Å². The van der Waals surface area contributed by atoms with Crippen LogP contribution < -0.4 is 10.0 Å². The number of hydrogen-bond donors (Lipinski definition) is 2. The zero-order chi connectivity index (χ0) is 13.8. The minimum atomic E-state index is -3.52. The molecule has 1 fully saturated rings. The largest absolute Gasteiger partial charge is 0.317 e. The third-order valence-electron chi connectivity index (χ3n) is 3.63. The Morgan fingerprint density at radius 1 is 1.33 bits per heavy atom. The molecule has 0 aromatic heterocycles. The van der Waals surface area contributed by atoms with E-state index in [0.29, 0.717) is 12.8 Å². The van der Waals surface area contributed by atoms with E-state index in [-0.39, 0.29) is 5.91 Å². The van der Waals surface area contributed by atoms with E-state index in [2.05, 4.69) is 10.0 Å². The third kappa shape index (κ3) is 3.45. The van der Waals surface area contributed by atoms with Gasteiger partial charge in [-0.2, -0.15) is 0 Å². The predicted molar refractivity (Wildman–Crippen MR) is 71.6 cm³/mol. The van der Waals surface area contributed by atoms with Crippen molar-refractivity contribution in [2.75, 3.05) is 13.1 Å². The summed E-state index contributed by atoms with van der Waals surface area (Å²) in [5.74, 6) is -0.320. The van der Waals surface area contributed by atoms with Crippen molar-refractivity contribution in [3.63, 3.8) is 0 Å². The van der Waals surface area contributed by atoms with E-state index in [1.54, 1.807) is 13.8 Å². The molecule has 18 heavy (non-hydrogen) atoms. The van der Waals surface area contributed by atoms with Gasteiger partial charge in [0, 0.05) is 0 Å². The van der Waals surface area contributed by atoms with Crippen LogP contribution in [-0.2, 0) is 14.8 Å². The van der Waals surface area contributed by atoms with Gasteiger partial charge in [-0.1, -0.05) is 13.3 Å². The van der Waals surface area contributed by atoms with Gasteiger partial charge in [0.2, 0.25) is 15.9 Å². The molecule has 1 aliphatic rings. The van der Waals surface area contributed by atoms with Gasteiger partial charge in [0.25, 0.3) is 0 Å². The molecule has 0 aromatic rings. The van der Waals surface area contributed by atoms with E-state index in [9.17, 15) is 13.2 Å². The lowest BCUT2D eigenvalue weighted by Crippen LogP contribution is -2.50. The van der Waals surface area contributed by atoms with Crippen LogP contribution in [0.15, 0.2) is 0 Å². The fraction of sp³-hybridized carbons (Fsp3) is 0.917. The van der Waals surface area contributed by atoms with Crippen LogP contribution in [-0.4, -0.2) is 32.7 Å². The Kier molecular flexibility index (Phi) is 5.16. The molecule has 6 heteroatoms. The number of rotatable bonds is 5. The summed E-state index contributed by atoms with van der Waals surface area (Å²) in [6.45, 7) is 6.72. The van der Waals surface area contributed by atoms with Crippen molar-refractivity contribution in [3.05, 3.63) is 0 Å². The molecule has 1 heterocycles. The lowest BCUT2D eigenvalue weighted by molar-refractivity contribution is -0.131. The molecule has 0 saturated carbocycles. The molecule has 106 valence electrons. The Morgan fingerprint density at radius 2 is 1.89 bits per heavy atom. The van der Waals surface area contributed by atoms with Gasteiger partial charge >= 0.3 is 0 Å². The summed E-state index contributed by atoms with van der Waals surface area (Å²) in [5.41, 5.74) is -0.512. The summed E-state index contributed by atoms with van der Waals surface area (Å²) in [6.07, 6.45) is 3.05. The summed E-state index contributed by atoms with van der Waals surface area (Å²) in [6, 6.07) is 0. The highest BCUT2D eigenvalue weighted by Crippen LogP contribution is 2.34. The van der Waals surface area contributed by atoms with E-state index in [0.717, 1.165) is 25.9 Å². The first-order valence-electron chi connectivity index (χ1n) is 6.61. The first-order chi connectivity index (χ1) is 8.34. The molecule has 0 aliphatic carbocycles. The van der Waals surface area contributed by atoms with Crippen molar-refractivity contribution < 1.29 is 13.2 Å². The van der Waals surface area contributed by atoms with Crippen molar-refractivity contribution in [1.82, 2.24) is 10.0 Å².